The number of hydrogen-bond donors (Lipinski definition) is 9. The van der Waals surface area contributed by atoms with Gasteiger partial charge in [-0.3, -0.25) is 24.2 Å². The molecule has 1 rings (SSSR count). The maximum absolute atomic E-state index is 13.1. The molecule has 0 aliphatic carbocycles. The smallest absolute Gasteiger partial charge is 0.326 e. The van der Waals surface area contributed by atoms with E-state index in [9.17, 15) is 29.1 Å². The van der Waals surface area contributed by atoms with Gasteiger partial charge in [-0.1, -0.05) is 30.3 Å². The first-order valence-electron chi connectivity index (χ1n) is 11.3. The monoisotopic (exact) mass is 539 g/mol. The Morgan fingerprint density at radius 1 is 0.892 bits per heavy atom. The van der Waals surface area contributed by atoms with Gasteiger partial charge in [-0.25, -0.2) is 4.79 Å². The van der Waals surface area contributed by atoms with Crippen molar-refractivity contribution in [1.29, 1.82) is 0 Å². The number of guanidine groups is 1. The molecule has 0 bridgehead atoms. The number of aliphatic imine (C=N–C) groups is 1. The summed E-state index contributed by atoms with van der Waals surface area (Å²) >= 11 is 4.05. The lowest BCUT2D eigenvalue weighted by atomic mass is 10.0. The molecule has 1 aromatic carbocycles. The number of benzene rings is 1. The van der Waals surface area contributed by atoms with Crippen molar-refractivity contribution in [1.82, 2.24) is 16.0 Å². The van der Waals surface area contributed by atoms with Gasteiger partial charge in [0.15, 0.2) is 5.96 Å². The van der Waals surface area contributed by atoms with Crippen molar-refractivity contribution < 1.29 is 34.2 Å². The number of carboxylic acids is 2. The molecular weight excluding hydrogens is 506 g/mol. The Morgan fingerprint density at radius 2 is 1.46 bits per heavy atom. The summed E-state index contributed by atoms with van der Waals surface area (Å²) in [6.07, 6.45) is -0.327. The zero-order chi connectivity index (χ0) is 28.0. The Morgan fingerprint density at radius 3 is 2.00 bits per heavy atom. The third-order valence-corrected chi connectivity index (χ3v) is 5.39. The van der Waals surface area contributed by atoms with Crippen LogP contribution in [0.15, 0.2) is 35.3 Å². The highest BCUT2D eigenvalue weighted by Gasteiger charge is 2.30. The van der Waals surface area contributed by atoms with E-state index in [4.69, 9.17) is 22.3 Å². The summed E-state index contributed by atoms with van der Waals surface area (Å²) in [5.41, 5.74) is 16.7. The largest absolute Gasteiger partial charge is 0.481 e. The van der Waals surface area contributed by atoms with E-state index >= 15 is 0 Å². The number of aliphatic carboxylic acids is 2. The molecule has 0 aliphatic rings. The van der Waals surface area contributed by atoms with Crippen molar-refractivity contribution in [2.75, 3.05) is 12.3 Å². The fourth-order valence-corrected chi connectivity index (χ4v) is 3.38. The van der Waals surface area contributed by atoms with Gasteiger partial charge in [-0.2, -0.15) is 12.6 Å². The predicted molar refractivity (Wildman–Crippen MR) is 138 cm³/mol. The molecule has 204 valence electrons. The van der Waals surface area contributed by atoms with Crippen LogP contribution in [0, 0.1) is 0 Å². The summed E-state index contributed by atoms with van der Waals surface area (Å²) in [6.45, 7) is 0.166. The minimum Gasteiger partial charge on any atom is -0.481 e. The lowest BCUT2D eigenvalue weighted by molar-refractivity contribution is -0.142. The van der Waals surface area contributed by atoms with Crippen LogP contribution in [-0.4, -0.2) is 82.3 Å². The zero-order valence-corrected chi connectivity index (χ0v) is 20.9. The van der Waals surface area contributed by atoms with Gasteiger partial charge < -0.3 is 43.4 Å². The van der Waals surface area contributed by atoms with Crippen LogP contribution in [0.2, 0.25) is 0 Å². The molecule has 37 heavy (non-hydrogen) atoms. The number of carbonyl (C=O) groups excluding carboxylic acids is 3. The van der Waals surface area contributed by atoms with E-state index in [1.54, 1.807) is 30.3 Å². The molecule has 3 amide bonds. The molecule has 15 heteroatoms. The van der Waals surface area contributed by atoms with Gasteiger partial charge >= 0.3 is 11.9 Å². The van der Waals surface area contributed by atoms with Crippen molar-refractivity contribution in [2.24, 2.45) is 22.2 Å². The summed E-state index contributed by atoms with van der Waals surface area (Å²) in [4.78, 5) is 64.4. The van der Waals surface area contributed by atoms with E-state index in [2.05, 4.69) is 33.6 Å². The van der Waals surface area contributed by atoms with Crippen LogP contribution >= 0.6 is 12.6 Å². The Labute approximate surface area is 218 Å². The van der Waals surface area contributed by atoms with Gasteiger partial charge in [-0.15, -0.1) is 0 Å². The standard InChI is InChI=1S/C22H33N7O7S/c23-13(10-17(30)31)18(32)29-16(11-37)20(34)28-15(9-12-5-2-1-3-6-12)19(33)27-14(21(35)36)7-4-8-26-22(24)25/h1-3,5-6,13-16,37H,4,7-11,23H2,(H,27,33)(H,28,34)(H,29,32)(H,30,31)(H,35,36)(H4,24,25,26). The Kier molecular flexibility index (Phi) is 13.5. The van der Waals surface area contributed by atoms with E-state index in [1.165, 1.54) is 0 Å². The number of hydrogen-bond acceptors (Lipinski definition) is 8. The highest BCUT2D eigenvalue weighted by Crippen LogP contribution is 2.07. The van der Waals surface area contributed by atoms with Crippen molar-refractivity contribution in [3.8, 4) is 0 Å². The molecule has 4 unspecified atom stereocenters. The maximum Gasteiger partial charge on any atom is 0.326 e. The molecule has 0 radical (unpaired) electrons. The van der Waals surface area contributed by atoms with Crippen molar-refractivity contribution in [3.05, 3.63) is 35.9 Å². The predicted octanol–water partition coefficient (Wildman–Crippen LogP) is -2.45. The average Bonchev–Trinajstić information content (AvgIpc) is 2.83. The van der Waals surface area contributed by atoms with E-state index < -0.39 is 60.2 Å². The highest BCUT2D eigenvalue weighted by molar-refractivity contribution is 7.80. The lowest BCUT2D eigenvalue weighted by Gasteiger charge is -2.24. The quantitative estimate of drug-likeness (QED) is 0.0464. The minimum absolute atomic E-state index is 0.0184. The molecule has 0 spiro atoms. The normalized spacial score (nSPS) is 13.8. The average molecular weight is 540 g/mol. The van der Waals surface area contributed by atoms with Gasteiger partial charge in [0.1, 0.15) is 18.1 Å². The topological polar surface area (TPSA) is 252 Å². The van der Waals surface area contributed by atoms with Crippen molar-refractivity contribution in [3.63, 3.8) is 0 Å². The van der Waals surface area contributed by atoms with Gasteiger partial charge in [-0.05, 0) is 18.4 Å². The molecule has 0 aliphatic heterocycles. The van der Waals surface area contributed by atoms with E-state index in [1.807, 2.05) is 0 Å². The second-order valence-electron chi connectivity index (χ2n) is 8.05. The third-order valence-electron chi connectivity index (χ3n) is 5.02. The van der Waals surface area contributed by atoms with Crippen molar-refractivity contribution in [2.45, 2.75) is 49.9 Å². The fraction of sp³-hybridized carbons (Fsp3) is 0.455. The number of nitrogens with one attached hydrogen (secondary N) is 3. The van der Waals surface area contributed by atoms with Crippen LogP contribution in [0.3, 0.4) is 0 Å². The number of rotatable bonds is 16. The second-order valence-corrected chi connectivity index (χ2v) is 8.41. The first kappa shape index (κ1) is 31.2. The molecular formula is C22H33N7O7S. The van der Waals surface area contributed by atoms with Crippen LogP contribution < -0.4 is 33.2 Å². The van der Waals surface area contributed by atoms with Crippen LogP contribution in [0.5, 0.6) is 0 Å². The summed E-state index contributed by atoms with van der Waals surface area (Å²) in [5, 5.41) is 25.6. The first-order chi connectivity index (χ1) is 17.4. The van der Waals surface area contributed by atoms with Crippen LogP contribution in [0.1, 0.15) is 24.8 Å². The Hall–Kier alpha value is -3.85. The number of nitrogens with two attached hydrogens (primary N) is 3. The second kappa shape index (κ2) is 16.0. The third kappa shape index (κ3) is 12.1. The van der Waals surface area contributed by atoms with Crippen LogP contribution in [-0.2, 0) is 30.4 Å². The van der Waals surface area contributed by atoms with Crippen LogP contribution in [0.25, 0.3) is 0 Å². The number of nitrogens with zero attached hydrogens (tertiary/aromatic N) is 1. The molecule has 1 aromatic rings. The molecule has 0 saturated heterocycles. The number of carboxylic acid groups (broad SMARTS) is 2. The Balaban J connectivity index is 2.99. The number of amides is 3. The highest BCUT2D eigenvalue weighted by atomic mass is 32.1. The summed E-state index contributed by atoms with van der Waals surface area (Å²) < 4.78 is 0. The zero-order valence-electron chi connectivity index (χ0n) is 20.0. The SMILES string of the molecule is NC(N)=NCCCC(NC(=O)C(Cc1ccccc1)NC(=O)C(CS)NC(=O)C(N)CC(=O)O)C(=O)O. The van der Waals surface area contributed by atoms with Gasteiger partial charge in [0.05, 0.1) is 12.5 Å². The number of thiol groups is 1. The maximum atomic E-state index is 13.1. The van der Waals surface area contributed by atoms with Gasteiger partial charge in [0.2, 0.25) is 17.7 Å². The van der Waals surface area contributed by atoms with Crippen LogP contribution in [0.4, 0.5) is 0 Å². The Bertz CT molecular complexity index is 973. The summed E-state index contributed by atoms with van der Waals surface area (Å²) in [5.74, 6) is -5.33. The molecule has 14 nitrogen and oxygen atoms in total. The van der Waals surface area contributed by atoms with E-state index in [0.717, 1.165) is 0 Å². The molecule has 0 aromatic heterocycles. The molecule has 0 heterocycles. The summed E-state index contributed by atoms with van der Waals surface area (Å²) in [6, 6.07) is 3.56. The lowest BCUT2D eigenvalue weighted by Crippen LogP contribution is -2.58. The first-order valence-corrected chi connectivity index (χ1v) is 11.9. The molecule has 11 N–H and O–H groups in total. The molecule has 4 atom stereocenters. The molecule has 0 fully saturated rings. The number of carbonyl (C=O) groups is 5. The minimum atomic E-state index is -1.40. The fourth-order valence-electron chi connectivity index (χ4n) is 3.12. The van der Waals surface area contributed by atoms with E-state index in [-0.39, 0.29) is 37.5 Å². The summed E-state index contributed by atoms with van der Waals surface area (Å²) in [7, 11) is 0. The van der Waals surface area contributed by atoms with Crippen molar-refractivity contribution >= 4 is 48.2 Å². The van der Waals surface area contributed by atoms with Gasteiger partial charge in [0, 0.05) is 18.7 Å². The van der Waals surface area contributed by atoms with E-state index in [0.29, 0.717) is 5.56 Å². The van der Waals surface area contributed by atoms with Gasteiger partial charge in [0.25, 0.3) is 0 Å². The molecule has 0 saturated carbocycles.